The number of hydrogen-bond donors (Lipinski definition) is 0. The first kappa shape index (κ1) is 15.7. The molecule has 0 N–H and O–H groups in total. The summed E-state index contributed by atoms with van der Waals surface area (Å²) in [5, 5.41) is 8.60. The third-order valence-electron chi connectivity index (χ3n) is 4.12. The fourth-order valence-electron chi connectivity index (χ4n) is 2.83. The summed E-state index contributed by atoms with van der Waals surface area (Å²) in [7, 11) is 0. The zero-order valence-corrected chi connectivity index (χ0v) is 14.2. The van der Waals surface area contributed by atoms with E-state index in [2.05, 4.69) is 15.2 Å². The van der Waals surface area contributed by atoms with Crippen LogP contribution in [0.3, 0.4) is 0 Å². The van der Waals surface area contributed by atoms with Gasteiger partial charge in [0, 0.05) is 24.2 Å². The summed E-state index contributed by atoms with van der Waals surface area (Å²) >= 11 is 6.32. The van der Waals surface area contributed by atoms with E-state index in [1.54, 1.807) is 25.4 Å². The standard InChI is InChI=1S/C19H14ClFN4/c1-12-7-13(4-5-17(12)21)14-8-18-19(22-9-14)16(20)11-25(18)10-15-3-2-6-23-24-15/h2-9,11H,10H2,1H3. The summed E-state index contributed by atoms with van der Waals surface area (Å²) in [6.07, 6.45) is 5.24. The van der Waals surface area contributed by atoms with Gasteiger partial charge in [-0.3, -0.25) is 4.98 Å². The van der Waals surface area contributed by atoms with Crippen molar-refractivity contribution in [3.63, 3.8) is 0 Å². The maximum absolute atomic E-state index is 13.5. The number of hydrogen-bond acceptors (Lipinski definition) is 3. The van der Waals surface area contributed by atoms with Gasteiger partial charge in [-0.25, -0.2) is 4.39 Å². The molecule has 3 aromatic heterocycles. The van der Waals surface area contributed by atoms with Crippen LogP contribution in [0.15, 0.2) is 55.0 Å². The van der Waals surface area contributed by atoms with Gasteiger partial charge in [0.2, 0.25) is 0 Å². The van der Waals surface area contributed by atoms with Gasteiger partial charge in [0.25, 0.3) is 0 Å². The van der Waals surface area contributed by atoms with E-state index < -0.39 is 0 Å². The lowest BCUT2D eigenvalue weighted by atomic mass is 10.0. The van der Waals surface area contributed by atoms with Gasteiger partial charge in [0.05, 0.1) is 22.8 Å². The Morgan fingerprint density at radius 1 is 1.16 bits per heavy atom. The highest BCUT2D eigenvalue weighted by Crippen LogP contribution is 2.29. The van der Waals surface area contributed by atoms with Crippen molar-refractivity contribution in [3.05, 3.63) is 77.1 Å². The lowest BCUT2D eigenvalue weighted by Crippen LogP contribution is -2.01. The van der Waals surface area contributed by atoms with Gasteiger partial charge in [-0.1, -0.05) is 17.7 Å². The average Bonchev–Trinajstić information content (AvgIpc) is 2.93. The van der Waals surface area contributed by atoms with Crippen LogP contribution in [0.25, 0.3) is 22.2 Å². The Bertz CT molecular complexity index is 1060. The fourth-order valence-corrected chi connectivity index (χ4v) is 3.09. The van der Waals surface area contributed by atoms with Crippen LogP contribution in [-0.4, -0.2) is 19.7 Å². The first-order valence-corrected chi connectivity index (χ1v) is 8.17. The molecule has 0 saturated heterocycles. The predicted octanol–water partition coefficient (Wildman–Crippen LogP) is 4.64. The Morgan fingerprint density at radius 3 is 2.80 bits per heavy atom. The molecule has 0 aliphatic heterocycles. The minimum absolute atomic E-state index is 0.216. The van der Waals surface area contributed by atoms with Crippen LogP contribution < -0.4 is 0 Å². The molecule has 0 amide bonds. The van der Waals surface area contributed by atoms with Gasteiger partial charge in [-0.15, -0.1) is 0 Å². The van der Waals surface area contributed by atoms with E-state index in [1.807, 2.05) is 35.0 Å². The van der Waals surface area contributed by atoms with Gasteiger partial charge in [-0.2, -0.15) is 10.2 Å². The molecule has 124 valence electrons. The summed E-state index contributed by atoms with van der Waals surface area (Å²) in [5.74, 6) is -0.216. The van der Waals surface area contributed by atoms with E-state index in [1.165, 1.54) is 6.07 Å². The maximum Gasteiger partial charge on any atom is 0.126 e. The highest BCUT2D eigenvalue weighted by Gasteiger charge is 2.11. The molecular formula is C19H14ClFN4. The van der Waals surface area contributed by atoms with Crippen molar-refractivity contribution in [3.8, 4) is 11.1 Å². The van der Waals surface area contributed by atoms with Gasteiger partial charge >= 0.3 is 0 Å². The Balaban J connectivity index is 1.81. The van der Waals surface area contributed by atoms with E-state index in [4.69, 9.17) is 11.6 Å². The van der Waals surface area contributed by atoms with E-state index >= 15 is 0 Å². The third kappa shape index (κ3) is 2.98. The molecule has 0 fully saturated rings. The molecule has 4 nitrogen and oxygen atoms in total. The molecule has 25 heavy (non-hydrogen) atoms. The van der Waals surface area contributed by atoms with Crippen molar-refractivity contribution in [2.45, 2.75) is 13.5 Å². The summed E-state index contributed by atoms with van der Waals surface area (Å²) in [4.78, 5) is 4.49. The molecule has 0 atom stereocenters. The minimum Gasteiger partial charge on any atom is -0.339 e. The van der Waals surface area contributed by atoms with Crippen LogP contribution >= 0.6 is 11.6 Å². The Kier molecular flexibility index (Phi) is 3.93. The Morgan fingerprint density at radius 2 is 2.04 bits per heavy atom. The number of nitrogens with zero attached hydrogens (tertiary/aromatic N) is 4. The number of rotatable bonds is 3. The van der Waals surface area contributed by atoms with E-state index in [-0.39, 0.29) is 5.82 Å². The number of halogens is 2. The summed E-state index contributed by atoms with van der Waals surface area (Å²) < 4.78 is 15.5. The van der Waals surface area contributed by atoms with Crippen LogP contribution in [-0.2, 0) is 6.54 Å². The molecule has 1 aromatic carbocycles. The molecule has 0 aliphatic carbocycles. The SMILES string of the molecule is Cc1cc(-c2cnc3c(Cl)cn(Cc4cccnn4)c3c2)ccc1F. The van der Waals surface area contributed by atoms with Gasteiger partial charge in [0.15, 0.2) is 0 Å². The Hall–Kier alpha value is -2.79. The van der Waals surface area contributed by atoms with Crippen LogP contribution in [0.4, 0.5) is 4.39 Å². The summed E-state index contributed by atoms with van der Waals surface area (Å²) in [5.41, 5.74) is 4.88. The second kappa shape index (κ2) is 6.26. The fraction of sp³-hybridized carbons (Fsp3) is 0.105. The second-order valence-electron chi connectivity index (χ2n) is 5.88. The maximum atomic E-state index is 13.5. The topological polar surface area (TPSA) is 43.6 Å². The molecule has 6 heteroatoms. The number of benzene rings is 1. The smallest absolute Gasteiger partial charge is 0.126 e. The largest absolute Gasteiger partial charge is 0.339 e. The quantitative estimate of drug-likeness (QED) is 0.539. The van der Waals surface area contributed by atoms with Crippen molar-refractivity contribution in [2.75, 3.05) is 0 Å². The first-order chi connectivity index (χ1) is 12.1. The minimum atomic E-state index is -0.216. The molecular weight excluding hydrogens is 339 g/mol. The van der Waals surface area contributed by atoms with E-state index in [9.17, 15) is 4.39 Å². The summed E-state index contributed by atoms with van der Waals surface area (Å²) in [6.45, 7) is 2.29. The average molecular weight is 353 g/mol. The highest BCUT2D eigenvalue weighted by atomic mass is 35.5. The van der Waals surface area contributed by atoms with Gasteiger partial charge < -0.3 is 4.57 Å². The molecule has 4 aromatic rings. The zero-order valence-electron chi connectivity index (χ0n) is 13.4. The van der Waals surface area contributed by atoms with Crippen molar-refractivity contribution in [1.29, 1.82) is 0 Å². The van der Waals surface area contributed by atoms with E-state index in [0.29, 0.717) is 17.1 Å². The highest BCUT2D eigenvalue weighted by molar-refractivity contribution is 6.35. The van der Waals surface area contributed by atoms with Crippen molar-refractivity contribution < 1.29 is 4.39 Å². The third-order valence-corrected chi connectivity index (χ3v) is 4.40. The number of fused-ring (bicyclic) bond motifs is 1. The predicted molar refractivity (Wildman–Crippen MR) is 96.0 cm³/mol. The monoisotopic (exact) mass is 352 g/mol. The number of pyridine rings is 1. The van der Waals surface area contributed by atoms with Gasteiger partial charge in [0.1, 0.15) is 11.3 Å². The van der Waals surface area contributed by atoms with Gasteiger partial charge in [-0.05, 0) is 48.4 Å². The molecule has 0 saturated carbocycles. The van der Waals surface area contributed by atoms with E-state index in [0.717, 1.165) is 27.9 Å². The molecule has 3 heterocycles. The molecule has 0 radical (unpaired) electrons. The van der Waals surface area contributed by atoms with Crippen LogP contribution in [0.5, 0.6) is 0 Å². The molecule has 0 aliphatic rings. The number of aryl methyl sites for hydroxylation is 1. The van der Waals surface area contributed by atoms with Crippen LogP contribution in [0, 0.1) is 12.7 Å². The molecule has 0 spiro atoms. The molecule has 0 unspecified atom stereocenters. The van der Waals surface area contributed by atoms with Crippen LogP contribution in [0.2, 0.25) is 5.02 Å². The van der Waals surface area contributed by atoms with Crippen molar-refractivity contribution in [2.24, 2.45) is 0 Å². The second-order valence-corrected chi connectivity index (χ2v) is 6.28. The first-order valence-electron chi connectivity index (χ1n) is 7.79. The lowest BCUT2D eigenvalue weighted by Gasteiger charge is -2.07. The van der Waals surface area contributed by atoms with Crippen molar-refractivity contribution >= 4 is 22.6 Å². The molecule has 4 rings (SSSR count). The Labute approximate surface area is 148 Å². The zero-order chi connectivity index (χ0) is 17.4. The molecule has 0 bridgehead atoms. The normalized spacial score (nSPS) is 11.2. The number of aromatic nitrogens is 4. The van der Waals surface area contributed by atoms with Crippen molar-refractivity contribution in [1.82, 2.24) is 19.7 Å². The van der Waals surface area contributed by atoms with Crippen LogP contribution in [0.1, 0.15) is 11.3 Å². The lowest BCUT2D eigenvalue weighted by molar-refractivity contribution is 0.619. The summed E-state index contributed by atoms with van der Waals surface area (Å²) in [6, 6.07) is 10.8.